The number of nitrogens with zero attached hydrogens (tertiary/aromatic N) is 2. The molecule has 0 atom stereocenters. The van der Waals surface area contributed by atoms with Crippen LogP contribution >= 0.6 is 0 Å². The molecule has 8 nitrogen and oxygen atoms in total. The highest BCUT2D eigenvalue weighted by molar-refractivity contribution is 7.89. The van der Waals surface area contributed by atoms with Crippen LogP contribution in [-0.2, 0) is 32.6 Å². The lowest BCUT2D eigenvalue weighted by atomic mass is 10.2. The Labute approximate surface area is 194 Å². The van der Waals surface area contributed by atoms with E-state index >= 15 is 0 Å². The van der Waals surface area contributed by atoms with Crippen molar-refractivity contribution in [3.63, 3.8) is 0 Å². The van der Waals surface area contributed by atoms with Crippen molar-refractivity contribution in [1.29, 1.82) is 0 Å². The van der Waals surface area contributed by atoms with Crippen LogP contribution in [0.15, 0.2) is 82.3 Å². The van der Waals surface area contributed by atoms with Crippen LogP contribution in [-0.4, -0.2) is 57.4 Å². The number of carbonyl (C=O) groups excluding carboxylic acids is 1. The van der Waals surface area contributed by atoms with Crippen molar-refractivity contribution in [2.45, 2.75) is 18.0 Å². The first-order chi connectivity index (χ1) is 15.9. The maximum Gasteiger partial charge on any atom is 0.243 e. The van der Waals surface area contributed by atoms with E-state index in [9.17, 15) is 13.2 Å². The van der Waals surface area contributed by atoms with Gasteiger partial charge in [-0.2, -0.15) is 4.31 Å². The summed E-state index contributed by atoms with van der Waals surface area (Å²) in [6, 6.07) is 19.1. The van der Waals surface area contributed by atoms with Crippen LogP contribution in [0.25, 0.3) is 0 Å². The zero-order chi connectivity index (χ0) is 23.7. The summed E-state index contributed by atoms with van der Waals surface area (Å²) >= 11 is 0. The van der Waals surface area contributed by atoms with E-state index in [1.807, 2.05) is 30.3 Å². The Morgan fingerprint density at radius 1 is 0.939 bits per heavy atom. The third-order valence-corrected chi connectivity index (χ3v) is 6.91. The quantitative estimate of drug-likeness (QED) is 0.402. The van der Waals surface area contributed by atoms with E-state index in [-0.39, 0.29) is 37.0 Å². The molecule has 0 bridgehead atoms. The van der Waals surface area contributed by atoms with Gasteiger partial charge in [0.25, 0.3) is 0 Å². The molecule has 176 valence electrons. The number of furan rings is 1. The molecule has 0 aliphatic carbocycles. The highest BCUT2D eigenvalue weighted by Crippen LogP contribution is 2.20. The van der Waals surface area contributed by atoms with Crippen LogP contribution in [0.3, 0.4) is 0 Å². The molecule has 3 rings (SSSR count). The number of sulfonamides is 1. The fourth-order valence-corrected chi connectivity index (χ4v) is 4.63. The zero-order valence-electron chi connectivity index (χ0n) is 18.7. The molecular formula is C24H28N2O6S. The molecule has 1 amide bonds. The molecule has 0 unspecified atom stereocenters. The van der Waals surface area contributed by atoms with Gasteiger partial charge in [0.1, 0.15) is 11.5 Å². The van der Waals surface area contributed by atoms with Gasteiger partial charge in [0.05, 0.1) is 38.0 Å². The average molecular weight is 473 g/mol. The van der Waals surface area contributed by atoms with E-state index in [1.54, 1.807) is 35.4 Å². The highest BCUT2D eigenvalue weighted by atomic mass is 32.2. The Balaban J connectivity index is 1.84. The van der Waals surface area contributed by atoms with Gasteiger partial charge in [-0.3, -0.25) is 4.79 Å². The molecule has 3 aromatic rings. The number of ether oxygens (including phenoxy) is 2. The molecule has 9 heteroatoms. The van der Waals surface area contributed by atoms with Gasteiger partial charge < -0.3 is 18.8 Å². The molecule has 0 spiro atoms. The van der Waals surface area contributed by atoms with Crippen LogP contribution in [0.1, 0.15) is 11.3 Å². The lowest BCUT2D eigenvalue weighted by Gasteiger charge is -2.27. The molecule has 0 fully saturated rings. The Bertz CT molecular complexity index is 1100. The third kappa shape index (κ3) is 6.67. The van der Waals surface area contributed by atoms with Crippen molar-refractivity contribution in [3.05, 3.63) is 84.3 Å². The molecule has 0 N–H and O–H groups in total. The second-order valence-electron chi connectivity index (χ2n) is 7.32. The standard InChI is InChI=1S/C24H28N2O6S/c1-30-16-14-26(33(28,29)23-12-10-21(31-2)11-13-23)19-24(27)25(18-22-9-6-15-32-22)17-20-7-4-3-5-8-20/h3-13,15H,14,16-19H2,1-2H3. The molecule has 2 aromatic carbocycles. The fourth-order valence-electron chi connectivity index (χ4n) is 3.25. The lowest BCUT2D eigenvalue weighted by Crippen LogP contribution is -2.43. The first-order valence-corrected chi connectivity index (χ1v) is 11.8. The van der Waals surface area contributed by atoms with Gasteiger partial charge in [-0.25, -0.2) is 8.42 Å². The summed E-state index contributed by atoms with van der Waals surface area (Å²) in [6.07, 6.45) is 1.54. The minimum Gasteiger partial charge on any atom is -0.497 e. The SMILES string of the molecule is COCCN(CC(=O)N(Cc1ccccc1)Cc1ccco1)S(=O)(=O)c1ccc(OC)cc1. The van der Waals surface area contributed by atoms with Crippen molar-refractivity contribution < 1.29 is 27.1 Å². The van der Waals surface area contributed by atoms with E-state index in [0.717, 1.165) is 9.87 Å². The first kappa shape index (κ1) is 24.5. The summed E-state index contributed by atoms with van der Waals surface area (Å²) in [7, 11) is -0.943. The second kappa shape index (κ2) is 11.6. The first-order valence-electron chi connectivity index (χ1n) is 10.4. The van der Waals surface area contributed by atoms with E-state index in [4.69, 9.17) is 13.9 Å². The number of hydrogen-bond donors (Lipinski definition) is 0. The summed E-state index contributed by atoms with van der Waals surface area (Å²) in [5, 5.41) is 0. The minimum absolute atomic E-state index is 0.0382. The maximum absolute atomic E-state index is 13.3. The van der Waals surface area contributed by atoms with Gasteiger partial charge >= 0.3 is 0 Å². The minimum atomic E-state index is -3.93. The normalized spacial score (nSPS) is 11.5. The summed E-state index contributed by atoms with van der Waals surface area (Å²) in [6.45, 7) is 0.407. The van der Waals surface area contributed by atoms with Crippen molar-refractivity contribution in [1.82, 2.24) is 9.21 Å². The number of rotatable bonds is 12. The van der Waals surface area contributed by atoms with Gasteiger partial charge in [0.2, 0.25) is 15.9 Å². The van der Waals surface area contributed by atoms with E-state index in [1.165, 1.54) is 26.4 Å². The van der Waals surface area contributed by atoms with Crippen molar-refractivity contribution in [2.75, 3.05) is 33.9 Å². The monoisotopic (exact) mass is 472 g/mol. The molecule has 0 aliphatic heterocycles. The Kier molecular flexibility index (Phi) is 8.65. The molecule has 1 aromatic heterocycles. The molecule has 0 saturated heterocycles. The largest absolute Gasteiger partial charge is 0.497 e. The van der Waals surface area contributed by atoms with Gasteiger partial charge in [-0.15, -0.1) is 0 Å². The third-order valence-electron chi connectivity index (χ3n) is 5.05. The number of hydrogen-bond acceptors (Lipinski definition) is 6. The lowest BCUT2D eigenvalue weighted by molar-refractivity contribution is -0.133. The van der Waals surface area contributed by atoms with Crippen molar-refractivity contribution in [3.8, 4) is 5.75 Å². The van der Waals surface area contributed by atoms with E-state index in [2.05, 4.69) is 0 Å². The van der Waals surface area contributed by atoms with Gasteiger partial charge in [0, 0.05) is 20.2 Å². The molecule has 1 heterocycles. The highest BCUT2D eigenvalue weighted by Gasteiger charge is 2.29. The number of benzene rings is 2. The molecule has 33 heavy (non-hydrogen) atoms. The van der Waals surface area contributed by atoms with Gasteiger partial charge in [0.15, 0.2) is 0 Å². The van der Waals surface area contributed by atoms with Gasteiger partial charge in [-0.1, -0.05) is 30.3 Å². The summed E-state index contributed by atoms with van der Waals surface area (Å²) in [5.41, 5.74) is 0.929. The van der Waals surface area contributed by atoms with Crippen molar-refractivity contribution in [2.24, 2.45) is 0 Å². The summed E-state index contributed by atoms with van der Waals surface area (Å²) in [5.74, 6) is 0.810. The Hall–Kier alpha value is -3.14. The Morgan fingerprint density at radius 2 is 1.67 bits per heavy atom. The summed E-state index contributed by atoms with van der Waals surface area (Å²) < 4.78 is 43.4. The van der Waals surface area contributed by atoms with Crippen LogP contribution in [0, 0.1) is 0 Å². The predicted molar refractivity (Wildman–Crippen MR) is 123 cm³/mol. The predicted octanol–water partition coefficient (Wildman–Crippen LogP) is 3.15. The second-order valence-corrected chi connectivity index (χ2v) is 9.26. The zero-order valence-corrected chi connectivity index (χ0v) is 19.5. The van der Waals surface area contributed by atoms with Crippen LogP contribution in [0.5, 0.6) is 5.75 Å². The topological polar surface area (TPSA) is 89.3 Å². The van der Waals surface area contributed by atoms with Crippen LogP contribution in [0.2, 0.25) is 0 Å². The number of methoxy groups -OCH3 is 2. The number of carbonyl (C=O) groups is 1. The van der Waals surface area contributed by atoms with Crippen LogP contribution in [0.4, 0.5) is 0 Å². The smallest absolute Gasteiger partial charge is 0.243 e. The molecule has 0 aliphatic rings. The number of amides is 1. The molecule has 0 radical (unpaired) electrons. The molecule has 0 saturated carbocycles. The summed E-state index contributed by atoms with van der Waals surface area (Å²) in [4.78, 5) is 15.0. The Morgan fingerprint density at radius 3 is 2.27 bits per heavy atom. The fraction of sp³-hybridized carbons (Fsp3) is 0.292. The van der Waals surface area contributed by atoms with Crippen molar-refractivity contribution >= 4 is 15.9 Å². The van der Waals surface area contributed by atoms with Gasteiger partial charge in [-0.05, 0) is 42.0 Å². The maximum atomic E-state index is 13.3. The van der Waals surface area contributed by atoms with Crippen LogP contribution < -0.4 is 4.74 Å². The van der Waals surface area contributed by atoms with E-state index in [0.29, 0.717) is 18.1 Å². The molecular weight excluding hydrogens is 444 g/mol. The average Bonchev–Trinajstić information content (AvgIpc) is 3.35. The van der Waals surface area contributed by atoms with E-state index < -0.39 is 10.0 Å².